The van der Waals surface area contributed by atoms with Crippen molar-refractivity contribution in [3.8, 4) is 17.2 Å². The number of carboxylic acids is 1. The number of nitrogens with two attached hydrogens (primary N) is 1. The summed E-state index contributed by atoms with van der Waals surface area (Å²) in [6.45, 7) is 3.93. The normalized spacial score (nSPS) is 11.8. The molecule has 1 atom stereocenters. The van der Waals surface area contributed by atoms with Crippen molar-refractivity contribution in [3.63, 3.8) is 0 Å². The lowest BCUT2D eigenvalue weighted by Crippen LogP contribution is -2.39. The van der Waals surface area contributed by atoms with Gasteiger partial charge in [-0.25, -0.2) is 0 Å². The quantitative estimate of drug-likeness (QED) is 0.387. The number of carboxylic acid groups (broad SMARTS) is 1. The van der Waals surface area contributed by atoms with Gasteiger partial charge in [0.1, 0.15) is 17.5 Å². The van der Waals surface area contributed by atoms with E-state index < -0.39 is 30.2 Å². The molecule has 0 spiro atoms. The molecule has 2 rings (SSSR count). The van der Waals surface area contributed by atoms with E-state index in [0.717, 1.165) is 5.56 Å². The molecule has 0 aromatic heterocycles. The molecule has 0 heterocycles. The zero-order valence-electron chi connectivity index (χ0n) is 16.8. The third-order valence-electron chi connectivity index (χ3n) is 4.27. The number of phenols is 1. The molecule has 2 amide bonds. The van der Waals surface area contributed by atoms with Crippen LogP contribution < -0.4 is 15.8 Å². The van der Waals surface area contributed by atoms with Crippen molar-refractivity contribution in [3.05, 3.63) is 50.4 Å². The summed E-state index contributed by atoms with van der Waals surface area (Å²) in [6.07, 6.45) is -0.603. The maximum absolute atomic E-state index is 12.1. The number of amides is 2. The fourth-order valence-electron chi connectivity index (χ4n) is 2.71. The minimum atomic E-state index is -1.37. The average Bonchev–Trinajstić information content (AvgIpc) is 2.65. The molecule has 2 aromatic carbocycles. The molecule has 0 bridgehead atoms. The number of halogens is 2. The highest BCUT2D eigenvalue weighted by Crippen LogP contribution is 2.39. The summed E-state index contributed by atoms with van der Waals surface area (Å²) in [5.41, 5.74) is 6.63. The van der Waals surface area contributed by atoms with E-state index in [1.807, 2.05) is 13.8 Å². The molecule has 0 unspecified atom stereocenters. The number of ether oxygens (including phenoxy) is 1. The summed E-state index contributed by atoms with van der Waals surface area (Å²) in [6, 6.07) is 6.96. The topological polar surface area (TPSA) is 139 Å². The largest absolute Gasteiger partial charge is 0.508 e. The van der Waals surface area contributed by atoms with Crippen LogP contribution in [0.3, 0.4) is 0 Å². The van der Waals surface area contributed by atoms with Gasteiger partial charge in [0.05, 0.1) is 21.8 Å². The van der Waals surface area contributed by atoms with Crippen molar-refractivity contribution < 1.29 is 29.3 Å². The first-order valence-corrected chi connectivity index (χ1v) is 10.9. The van der Waals surface area contributed by atoms with Gasteiger partial charge in [-0.1, -0.05) is 13.8 Å². The van der Waals surface area contributed by atoms with Gasteiger partial charge >= 0.3 is 5.97 Å². The fraction of sp³-hybridized carbons (Fsp3) is 0.286. The van der Waals surface area contributed by atoms with Crippen molar-refractivity contribution in [1.82, 2.24) is 5.32 Å². The molecule has 5 N–H and O–H groups in total. The number of phenolic OH excluding ortho intramolecular Hbond substituents is 1. The number of carbonyl (C=O) groups is 3. The molecule has 0 aliphatic heterocycles. The Morgan fingerprint density at radius 3 is 2.26 bits per heavy atom. The maximum Gasteiger partial charge on any atom is 0.321 e. The SMILES string of the molecule is CC(C)c1cc(Oc2c(Br)cc(CC(=O)NC(=O)C[C@@H](N)C(=O)O)cc2Br)ccc1O. The van der Waals surface area contributed by atoms with Gasteiger partial charge in [-0.3, -0.25) is 19.7 Å². The molecule has 166 valence electrons. The summed E-state index contributed by atoms with van der Waals surface area (Å²) in [5.74, 6) is -1.34. The second kappa shape index (κ2) is 10.7. The van der Waals surface area contributed by atoms with E-state index in [1.165, 1.54) is 0 Å². The molecule has 10 heteroatoms. The van der Waals surface area contributed by atoms with Crippen LogP contribution in [0.4, 0.5) is 0 Å². The minimum Gasteiger partial charge on any atom is -0.508 e. The molecular weight excluding hydrogens is 536 g/mol. The van der Waals surface area contributed by atoms with Crippen LogP contribution in [0, 0.1) is 0 Å². The molecule has 0 saturated heterocycles. The Morgan fingerprint density at radius 1 is 1.10 bits per heavy atom. The minimum absolute atomic E-state index is 0.109. The van der Waals surface area contributed by atoms with Crippen molar-refractivity contribution in [2.75, 3.05) is 0 Å². The number of nitrogens with one attached hydrogen (secondary N) is 1. The monoisotopic (exact) mass is 556 g/mol. The third kappa shape index (κ3) is 7.05. The summed E-state index contributed by atoms with van der Waals surface area (Å²) in [4.78, 5) is 34.5. The van der Waals surface area contributed by atoms with Crippen LogP contribution in [0.1, 0.15) is 37.3 Å². The highest BCUT2D eigenvalue weighted by molar-refractivity contribution is 9.11. The van der Waals surface area contributed by atoms with Crippen LogP contribution >= 0.6 is 31.9 Å². The molecule has 0 radical (unpaired) electrons. The fourth-order valence-corrected chi connectivity index (χ4v) is 4.15. The average molecular weight is 558 g/mol. The Morgan fingerprint density at radius 2 is 1.71 bits per heavy atom. The number of imide groups is 1. The van der Waals surface area contributed by atoms with Crippen molar-refractivity contribution >= 4 is 49.6 Å². The molecule has 0 fully saturated rings. The lowest BCUT2D eigenvalue weighted by molar-refractivity contribution is -0.141. The lowest BCUT2D eigenvalue weighted by Gasteiger charge is -2.14. The van der Waals surface area contributed by atoms with Crippen molar-refractivity contribution in [2.45, 2.75) is 38.6 Å². The van der Waals surface area contributed by atoms with E-state index in [0.29, 0.717) is 26.0 Å². The van der Waals surface area contributed by atoms with Crippen LogP contribution in [-0.4, -0.2) is 34.0 Å². The molecule has 0 aliphatic carbocycles. The van der Waals surface area contributed by atoms with Gasteiger partial charge in [0.2, 0.25) is 11.8 Å². The van der Waals surface area contributed by atoms with Crippen LogP contribution in [0.2, 0.25) is 0 Å². The first-order valence-electron chi connectivity index (χ1n) is 9.27. The van der Waals surface area contributed by atoms with E-state index in [1.54, 1.807) is 30.3 Å². The second-order valence-corrected chi connectivity index (χ2v) is 8.87. The molecular formula is C21H22Br2N2O6. The van der Waals surface area contributed by atoms with Gasteiger partial charge in [-0.15, -0.1) is 0 Å². The molecule has 2 aromatic rings. The Labute approximate surface area is 196 Å². The number of hydrogen-bond donors (Lipinski definition) is 4. The zero-order chi connectivity index (χ0) is 23.3. The Balaban J connectivity index is 2.10. The number of aliphatic carboxylic acids is 1. The van der Waals surface area contributed by atoms with Gasteiger partial charge in [-0.05, 0) is 73.7 Å². The van der Waals surface area contributed by atoms with E-state index in [2.05, 4.69) is 37.2 Å². The van der Waals surface area contributed by atoms with Gasteiger partial charge in [-0.2, -0.15) is 0 Å². The Kier molecular flexibility index (Phi) is 8.60. The standard InChI is InChI=1S/C21H22Br2N2O6/c1-10(2)13-8-12(3-4-17(13)26)31-20-14(22)5-11(6-15(20)23)7-18(27)25-19(28)9-16(24)21(29)30/h3-6,8,10,16,26H,7,9,24H2,1-2H3,(H,29,30)(H,25,27,28)/t16-/m1/s1. The molecule has 0 aliphatic rings. The van der Waals surface area contributed by atoms with Crippen LogP contribution in [0.15, 0.2) is 39.3 Å². The van der Waals surface area contributed by atoms with Gasteiger partial charge in [0.15, 0.2) is 5.75 Å². The molecule has 31 heavy (non-hydrogen) atoms. The highest BCUT2D eigenvalue weighted by atomic mass is 79.9. The summed E-state index contributed by atoms with van der Waals surface area (Å²) >= 11 is 6.84. The number of carbonyl (C=O) groups excluding carboxylic acids is 2. The number of aromatic hydroxyl groups is 1. The van der Waals surface area contributed by atoms with Crippen LogP contribution in [0.25, 0.3) is 0 Å². The lowest BCUT2D eigenvalue weighted by atomic mass is 10.0. The first-order chi connectivity index (χ1) is 14.5. The zero-order valence-corrected chi connectivity index (χ0v) is 20.0. The van der Waals surface area contributed by atoms with E-state index >= 15 is 0 Å². The van der Waals surface area contributed by atoms with Crippen LogP contribution in [0.5, 0.6) is 17.2 Å². The highest BCUT2D eigenvalue weighted by Gasteiger charge is 2.19. The van der Waals surface area contributed by atoms with E-state index in [4.69, 9.17) is 15.6 Å². The van der Waals surface area contributed by atoms with Gasteiger partial charge < -0.3 is 20.7 Å². The van der Waals surface area contributed by atoms with Gasteiger partial charge in [0.25, 0.3) is 0 Å². The van der Waals surface area contributed by atoms with E-state index in [9.17, 15) is 19.5 Å². The number of hydrogen-bond acceptors (Lipinski definition) is 6. The predicted octanol–water partition coefficient (Wildman–Crippen LogP) is 3.82. The number of rotatable bonds is 8. The second-order valence-electron chi connectivity index (χ2n) is 7.16. The number of benzene rings is 2. The van der Waals surface area contributed by atoms with Crippen molar-refractivity contribution in [2.24, 2.45) is 5.73 Å². The Hall–Kier alpha value is -2.43. The summed E-state index contributed by atoms with van der Waals surface area (Å²) in [7, 11) is 0. The molecule has 0 saturated carbocycles. The Bertz CT molecular complexity index is 986. The maximum atomic E-state index is 12.1. The van der Waals surface area contributed by atoms with Crippen molar-refractivity contribution in [1.29, 1.82) is 0 Å². The summed E-state index contributed by atoms with van der Waals surface area (Å²) in [5, 5.41) is 20.8. The summed E-state index contributed by atoms with van der Waals surface area (Å²) < 4.78 is 7.09. The molecule has 8 nitrogen and oxygen atoms in total. The first kappa shape index (κ1) is 24.8. The smallest absolute Gasteiger partial charge is 0.321 e. The van der Waals surface area contributed by atoms with Crippen LogP contribution in [-0.2, 0) is 20.8 Å². The van der Waals surface area contributed by atoms with E-state index in [-0.39, 0.29) is 18.1 Å². The third-order valence-corrected chi connectivity index (χ3v) is 5.44. The van der Waals surface area contributed by atoms with Gasteiger partial charge in [0, 0.05) is 5.56 Å². The predicted molar refractivity (Wildman–Crippen MR) is 121 cm³/mol.